The Balaban J connectivity index is 1.99. The predicted octanol–water partition coefficient (Wildman–Crippen LogP) is 1.79. The summed E-state index contributed by atoms with van der Waals surface area (Å²) in [5.41, 5.74) is 2.09. The molecular formula is C13H18N2O. The van der Waals surface area contributed by atoms with Gasteiger partial charge in [0.2, 0.25) is 5.91 Å². The molecule has 2 N–H and O–H groups in total. The highest BCUT2D eigenvalue weighted by molar-refractivity contribution is 5.93. The molecule has 1 aliphatic rings. The van der Waals surface area contributed by atoms with E-state index in [1.54, 1.807) is 0 Å². The molecule has 1 aromatic carbocycles. The van der Waals surface area contributed by atoms with Crippen LogP contribution in [0.15, 0.2) is 24.3 Å². The highest BCUT2D eigenvalue weighted by Gasteiger charge is 2.29. The average Bonchev–Trinajstić information content (AvgIpc) is 2.68. The van der Waals surface area contributed by atoms with Crippen molar-refractivity contribution in [3.63, 3.8) is 0 Å². The molecule has 16 heavy (non-hydrogen) atoms. The average molecular weight is 218 g/mol. The first-order valence-electron chi connectivity index (χ1n) is 5.75. The Kier molecular flexibility index (Phi) is 3.25. The van der Waals surface area contributed by atoms with Gasteiger partial charge in [0, 0.05) is 12.2 Å². The minimum absolute atomic E-state index is 0.0984. The first kappa shape index (κ1) is 11.1. The van der Waals surface area contributed by atoms with Crippen LogP contribution < -0.4 is 10.6 Å². The maximum absolute atomic E-state index is 12.0. The molecule has 0 radical (unpaired) electrons. The van der Waals surface area contributed by atoms with Crippen molar-refractivity contribution in [1.82, 2.24) is 5.32 Å². The minimum Gasteiger partial charge on any atom is -0.326 e. The molecule has 1 fully saturated rings. The quantitative estimate of drug-likeness (QED) is 0.794. The summed E-state index contributed by atoms with van der Waals surface area (Å²) in [5.74, 6) is 0.646. The van der Waals surface area contributed by atoms with E-state index in [1.165, 1.54) is 5.56 Å². The lowest BCUT2D eigenvalue weighted by Crippen LogP contribution is -2.27. The van der Waals surface area contributed by atoms with Crippen molar-refractivity contribution in [3.05, 3.63) is 29.8 Å². The lowest BCUT2D eigenvalue weighted by molar-refractivity contribution is -0.120. The lowest BCUT2D eigenvalue weighted by Gasteiger charge is -2.14. The number of aryl methyl sites for hydroxylation is 1. The topological polar surface area (TPSA) is 41.1 Å². The van der Waals surface area contributed by atoms with Gasteiger partial charge in [-0.25, -0.2) is 0 Å². The zero-order chi connectivity index (χ0) is 11.5. The van der Waals surface area contributed by atoms with Gasteiger partial charge in [-0.3, -0.25) is 4.79 Å². The predicted molar refractivity (Wildman–Crippen MR) is 65.3 cm³/mol. The zero-order valence-corrected chi connectivity index (χ0v) is 9.79. The van der Waals surface area contributed by atoms with Crippen molar-refractivity contribution in [2.75, 3.05) is 18.4 Å². The van der Waals surface area contributed by atoms with Crippen molar-refractivity contribution in [1.29, 1.82) is 0 Å². The number of rotatable bonds is 2. The molecule has 0 aliphatic carbocycles. The second kappa shape index (κ2) is 4.66. The summed E-state index contributed by atoms with van der Waals surface area (Å²) in [4.78, 5) is 12.0. The highest BCUT2D eigenvalue weighted by Crippen LogP contribution is 2.18. The lowest BCUT2D eigenvalue weighted by atomic mass is 9.97. The molecule has 3 nitrogen and oxygen atoms in total. The van der Waals surface area contributed by atoms with Crippen LogP contribution in [-0.2, 0) is 4.79 Å². The van der Waals surface area contributed by atoms with Crippen LogP contribution in [0.1, 0.15) is 12.5 Å². The molecule has 0 spiro atoms. The molecule has 86 valence electrons. The summed E-state index contributed by atoms with van der Waals surface area (Å²) in [6.07, 6.45) is 0. The first-order chi connectivity index (χ1) is 7.66. The molecule has 1 saturated heterocycles. The van der Waals surface area contributed by atoms with E-state index in [0.717, 1.165) is 18.8 Å². The van der Waals surface area contributed by atoms with E-state index in [4.69, 9.17) is 0 Å². The summed E-state index contributed by atoms with van der Waals surface area (Å²) >= 11 is 0. The van der Waals surface area contributed by atoms with E-state index in [0.29, 0.717) is 5.92 Å². The number of carbonyl (C=O) groups is 1. The smallest absolute Gasteiger partial charge is 0.229 e. The van der Waals surface area contributed by atoms with Crippen LogP contribution in [0.25, 0.3) is 0 Å². The molecule has 1 aromatic rings. The van der Waals surface area contributed by atoms with Gasteiger partial charge in [0.15, 0.2) is 0 Å². The Labute approximate surface area is 96.2 Å². The van der Waals surface area contributed by atoms with E-state index in [1.807, 2.05) is 31.2 Å². The maximum Gasteiger partial charge on any atom is 0.229 e. The standard InChI is InChI=1S/C13H18N2O/c1-9-3-5-11(6-4-9)15-13(16)12-8-14-7-10(12)2/h3-6,10,12,14H,7-8H2,1-2H3,(H,15,16)/t10-,12-/m1/s1. The Morgan fingerprint density at radius 2 is 2.00 bits per heavy atom. The molecule has 2 rings (SSSR count). The summed E-state index contributed by atoms with van der Waals surface area (Å²) in [7, 11) is 0. The van der Waals surface area contributed by atoms with Gasteiger partial charge in [-0.05, 0) is 31.5 Å². The number of anilines is 1. The number of benzene rings is 1. The third kappa shape index (κ3) is 2.42. The van der Waals surface area contributed by atoms with E-state index < -0.39 is 0 Å². The fourth-order valence-corrected chi connectivity index (χ4v) is 2.03. The SMILES string of the molecule is Cc1ccc(NC(=O)[C@@H]2CNC[C@H]2C)cc1. The van der Waals surface area contributed by atoms with Gasteiger partial charge in [0.1, 0.15) is 0 Å². The molecule has 0 bridgehead atoms. The van der Waals surface area contributed by atoms with Crippen LogP contribution in [0.4, 0.5) is 5.69 Å². The van der Waals surface area contributed by atoms with Gasteiger partial charge in [-0.2, -0.15) is 0 Å². The van der Waals surface area contributed by atoms with E-state index >= 15 is 0 Å². The van der Waals surface area contributed by atoms with Gasteiger partial charge in [0.25, 0.3) is 0 Å². The molecular weight excluding hydrogens is 200 g/mol. The summed E-state index contributed by atoms with van der Waals surface area (Å²) < 4.78 is 0. The van der Waals surface area contributed by atoms with Crippen molar-refractivity contribution < 1.29 is 4.79 Å². The number of nitrogens with one attached hydrogen (secondary N) is 2. The maximum atomic E-state index is 12.0. The van der Waals surface area contributed by atoms with Crippen molar-refractivity contribution in [2.24, 2.45) is 11.8 Å². The van der Waals surface area contributed by atoms with Crippen molar-refractivity contribution >= 4 is 11.6 Å². The van der Waals surface area contributed by atoms with E-state index in [2.05, 4.69) is 17.6 Å². The number of carbonyl (C=O) groups excluding carboxylic acids is 1. The highest BCUT2D eigenvalue weighted by atomic mass is 16.1. The van der Waals surface area contributed by atoms with Crippen molar-refractivity contribution in [2.45, 2.75) is 13.8 Å². The molecule has 2 atom stereocenters. The second-order valence-corrected chi connectivity index (χ2v) is 4.60. The molecule has 0 saturated carbocycles. The normalized spacial score (nSPS) is 24.4. The Hall–Kier alpha value is -1.35. The fraction of sp³-hybridized carbons (Fsp3) is 0.462. The van der Waals surface area contributed by atoms with Crippen LogP contribution >= 0.6 is 0 Å². The molecule has 0 aromatic heterocycles. The van der Waals surface area contributed by atoms with E-state index in [-0.39, 0.29) is 11.8 Å². The number of amides is 1. The third-order valence-corrected chi connectivity index (χ3v) is 3.17. The summed E-state index contributed by atoms with van der Waals surface area (Å²) in [6, 6.07) is 7.90. The Bertz CT molecular complexity index is 372. The zero-order valence-electron chi connectivity index (χ0n) is 9.79. The molecule has 1 amide bonds. The van der Waals surface area contributed by atoms with Gasteiger partial charge in [-0.1, -0.05) is 24.6 Å². The van der Waals surface area contributed by atoms with E-state index in [9.17, 15) is 4.79 Å². The van der Waals surface area contributed by atoms with Crippen LogP contribution in [0.2, 0.25) is 0 Å². The van der Waals surface area contributed by atoms with Crippen LogP contribution in [-0.4, -0.2) is 19.0 Å². The summed E-state index contributed by atoms with van der Waals surface area (Å²) in [5, 5.41) is 6.20. The van der Waals surface area contributed by atoms with Gasteiger partial charge in [0.05, 0.1) is 5.92 Å². The van der Waals surface area contributed by atoms with Crippen LogP contribution in [0.5, 0.6) is 0 Å². The van der Waals surface area contributed by atoms with Crippen molar-refractivity contribution in [3.8, 4) is 0 Å². The molecule has 1 heterocycles. The van der Waals surface area contributed by atoms with Gasteiger partial charge in [-0.15, -0.1) is 0 Å². The van der Waals surface area contributed by atoms with Crippen LogP contribution in [0.3, 0.4) is 0 Å². The molecule has 0 unspecified atom stereocenters. The van der Waals surface area contributed by atoms with Crippen LogP contribution in [0, 0.1) is 18.8 Å². The van der Waals surface area contributed by atoms with Gasteiger partial charge < -0.3 is 10.6 Å². The second-order valence-electron chi connectivity index (χ2n) is 4.60. The first-order valence-corrected chi connectivity index (χ1v) is 5.75. The Morgan fingerprint density at radius 3 is 2.56 bits per heavy atom. The van der Waals surface area contributed by atoms with Gasteiger partial charge >= 0.3 is 0 Å². The third-order valence-electron chi connectivity index (χ3n) is 3.17. The number of hydrogen-bond acceptors (Lipinski definition) is 2. The minimum atomic E-state index is 0.0984. The number of hydrogen-bond donors (Lipinski definition) is 2. The molecule has 1 aliphatic heterocycles. The molecule has 3 heteroatoms. The fourth-order valence-electron chi connectivity index (χ4n) is 2.03. The summed E-state index contributed by atoms with van der Waals surface area (Å²) in [6.45, 7) is 5.87. The largest absolute Gasteiger partial charge is 0.326 e. The monoisotopic (exact) mass is 218 g/mol. The Morgan fingerprint density at radius 1 is 1.31 bits per heavy atom.